The average Bonchev–Trinajstić information content (AvgIpc) is 2.14. The van der Waals surface area contributed by atoms with E-state index in [1.165, 1.54) is 0 Å². The maximum absolute atomic E-state index is 10.4. The second-order valence-corrected chi connectivity index (χ2v) is 2.37. The molecule has 1 rings (SSSR count). The molecule has 0 aromatic rings. The number of aliphatic hydroxyl groups is 1. The van der Waals surface area contributed by atoms with Crippen LogP contribution in [-0.2, 0) is 4.79 Å². The fourth-order valence-corrected chi connectivity index (χ4v) is 1.04. The fraction of sp³-hybridized carbons (Fsp3) is 0.800. The van der Waals surface area contributed by atoms with Crippen LogP contribution in [0, 0.1) is 0 Å². The first-order valence-electron chi connectivity index (χ1n) is 3.01. The van der Waals surface area contributed by atoms with Gasteiger partial charge in [-0.1, -0.05) is 0 Å². The molecule has 0 bridgehead atoms. The molecule has 0 spiro atoms. The molecule has 0 radical (unpaired) electrons. The van der Waals surface area contributed by atoms with Crippen LogP contribution in [-0.4, -0.2) is 29.7 Å². The van der Waals surface area contributed by atoms with Crippen molar-refractivity contribution in [3.63, 3.8) is 0 Å². The van der Waals surface area contributed by atoms with Crippen LogP contribution >= 0.6 is 0 Å². The average molecular weight is 131 g/mol. The van der Waals surface area contributed by atoms with Gasteiger partial charge < -0.3 is 16.2 Å². The molecule has 1 heterocycles. The van der Waals surface area contributed by atoms with Crippen molar-refractivity contribution in [1.82, 2.24) is 0 Å². The third-order valence-electron chi connectivity index (χ3n) is 1.58. The van der Waals surface area contributed by atoms with E-state index in [9.17, 15) is 4.79 Å². The smallest absolute Gasteiger partial charge is 0.275 e. The first-order valence-corrected chi connectivity index (χ1v) is 3.01. The lowest BCUT2D eigenvalue weighted by atomic mass is 10.2. The Labute approximate surface area is 53.0 Å². The lowest BCUT2D eigenvalue weighted by molar-refractivity contribution is -0.659. The molecular weight excluding hydrogens is 120 g/mol. The van der Waals surface area contributed by atoms with E-state index in [4.69, 9.17) is 10.8 Å². The van der Waals surface area contributed by atoms with Crippen LogP contribution in [0.2, 0.25) is 0 Å². The molecule has 9 heavy (non-hydrogen) atoms. The molecule has 4 heteroatoms. The van der Waals surface area contributed by atoms with Gasteiger partial charge in [0.2, 0.25) is 0 Å². The number of aliphatic hydroxyl groups excluding tert-OH is 1. The largest absolute Gasteiger partial charge is 0.387 e. The van der Waals surface area contributed by atoms with Gasteiger partial charge in [0, 0.05) is 6.42 Å². The van der Waals surface area contributed by atoms with Crippen LogP contribution < -0.4 is 11.1 Å². The zero-order valence-corrected chi connectivity index (χ0v) is 5.08. The van der Waals surface area contributed by atoms with Gasteiger partial charge in [-0.3, -0.25) is 4.79 Å². The molecule has 1 fully saturated rings. The first-order chi connectivity index (χ1) is 4.20. The molecule has 5 N–H and O–H groups in total. The maximum atomic E-state index is 10.4. The minimum atomic E-state index is -0.345. The zero-order chi connectivity index (χ0) is 6.85. The standard InChI is InChI=1S/C5H10N2O2/c6-5(9)4-1-3(8)2-7-4/h3-4,7-8H,1-2H2,(H2,6,9)/p+1/t3-,4-/m1/s1. The van der Waals surface area contributed by atoms with Crippen LogP contribution in [0.15, 0.2) is 0 Å². The van der Waals surface area contributed by atoms with E-state index in [1.807, 2.05) is 0 Å². The van der Waals surface area contributed by atoms with Crippen molar-refractivity contribution in [2.75, 3.05) is 6.54 Å². The number of amides is 1. The number of hydrogen-bond acceptors (Lipinski definition) is 2. The summed E-state index contributed by atoms with van der Waals surface area (Å²) >= 11 is 0. The molecule has 1 aliphatic rings. The van der Waals surface area contributed by atoms with Crippen LogP contribution in [0.3, 0.4) is 0 Å². The number of carbonyl (C=O) groups excluding carboxylic acids is 1. The molecule has 0 aromatic heterocycles. The summed E-state index contributed by atoms with van der Waals surface area (Å²) in [5, 5.41) is 10.7. The molecule has 4 nitrogen and oxygen atoms in total. The molecule has 1 aliphatic heterocycles. The van der Waals surface area contributed by atoms with Gasteiger partial charge in [0.25, 0.3) is 5.91 Å². The van der Waals surface area contributed by atoms with Crippen molar-refractivity contribution in [2.24, 2.45) is 5.73 Å². The van der Waals surface area contributed by atoms with Crippen molar-refractivity contribution < 1.29 is 15.2 Å². The van der Waals surface area contributed by atoms with E-state index in [1.54, 1.807) is 5.32 Å². The topological polar surface area (TPSA) is 79.9 Å². The van der Waals surface area contributed by atoms with E-state index in [2.05, 4.69) is 0 Å². The van der Waals surface area contributed by atoms with E-state index >= 15 is 0 Å². The quantitative estimate of drug-likeness (QED) is 0.358. The third-order valence-corrected chi connectivity index (χ3v) is 1.58. The second kappa shape index (κ2) is 2.33. The summed E-state index contributed by atoms with van der Waals surface area (Å²) in [6.45, 7) is 0.605. The number of primary amides is 1. The molecule has 0 aromatic carbocycles. The van der Waals surface area contributed by atoms with Crippen molar-refractivity contribution in [3.05, 3.63) is 0 Å². The zero-order valence-electron chi connectivity index (χ0n) is 5.08. The number of rotatable bonds is 1. The van der Waals surface area contributed by atoms with Crippen molar-refractivity contribution in [3.8, 4) is 0 Å². The Hall–Kier alpha value is -0.610. The Morgan fingerprint density at radius 2 is 2.44 bits per heavy atom. The molecule has 0 aliphatic carbocycles. The SMILES string of the molecule is NC(=O)[C@H]1C[C@@H](O)C[NH2+]1. The molecule has 1 amide bonds. The fourth-order valence-electron chi connectivity index (χ4n) is 1.04. The van der Waals surface area contributed by atoms with E-state index < -0.39 is 0 Å². The van der Waals surface area contributed by atoms with Crippen LogP contribution in [0.1, 0.15) is 6.42 Å². The van der Waals surface area contributed by atoms with Crippen molar-refractivity contribution >= 4 is 5.91 Å². The lowest BCUT2D eigenvalue weighted by Gasteiger charge is -1.97. The summed E-state index contributed by atoms with van der Waals surface area (Å²) in [5.74, 6) is -0.327. The summed E-state index contributed by atoms with van der Waals surface area (Å²) in [6.07, 6.45) is 0.164. The minimum Gasteiger partial charge on any atom is -0.387 e. The van der Waals surface area contributed by atoms with Crippen molar-refractivity contribution in [1.29, 1.82) is 0 Å². The molecule has 1 saturated heterocycles. The summed E-state index contributed by atoms with van der Waals surface area (Å²) < 4.78 is 0. The minimum absolute atomic E-state index is 0.194. The number of carbonyl (C=O) groups is 1. The highest BCUT2D eigenvalue weighted by molar-refractivity contribution is 5.78. The lowest BCUT2D eigenvalue weighted by Crippen LogP contribution is -2.89. The van der Waals surface area contributed by atoms with Gasteiger partial charge in [-0.25, -0.2) is 0 Å². The normalized spacial score (nSPS) is 34.8. The van der Waals surface area contributed by atoms with Gasteiger partial charge >= 0.3 is 0 Å². The van der Waals surface area contributed by atoms with Crippen LogP contribution in [0.4, 0.5) is 0 Å². The Morgan fingerprint density at radius 1 is 1.78 bits per heavy atom. The Balaban J connectivity index is 2.39. The van der Waals surface area contributed by atoms with Gasteiger partial charge in [-0.15, -0.1) is 0 Å². The van der Waals surface area contributed by atoms with Crippen molar-refractivity contribution in [2.45, 2.75) is 18.6 Å². The third kappa shape index (κ3) is 1.40. The van der Waals surface area contributed by atoms with Crippen LogP contribution in [0.25, 0.3) is 0 Å². The summed E-state index contributed by atoms with van der Waals surface area (Å²) in [4.78, 5) is 10.4. The Morgan fingerprint density at radius 3 is 2.67 bits per heavy atom. The molecule has 0 saturated carbocycles. The number of quaternary nitrogens is 1. The van der Waals surface area contributed by atoms with Gasteiger partial charge in [-0.2, -0.15) is 0 Å². The van der Waals surface area contributed by atoms with Gasteiger partial charge in [0.05, 0.1) is 0 Å². The highest BCUT2D eigenvalue weighted by atomic mass is 16.3. The predicted octanol–water partition coefficient (Wildman–Crippen LogP) is -2.83. The highest BCUT2D eigenvalue weighted by Gasteiger charge is 2.30. The highest BCUT2D eigenvalue weighted by Crippen LogP contribution is 1.96. The Kier molecular flexibility index (Phi) is 1.68. The summed E-state index contributed by atoms with van der Waals surface area (Å²) in [5.41, 5.74) is 4.98. The maximum Gasteiger partial charge on any atom is 0.275 e. The Bertz CT molecular complexity index is 126. The molecule has 2 atom stereocenters. The van der Waals surface area contributed by atoms with Gasteiger partial charge in [0.15, 0.2) is 6.04 Å². The first kappa shape index (κ1) is 6.51. The molecule has 52 valence electrons. The van der Waals surface area contributed by atoms with Gasteiger partial charge in [-0.05, 0) is 0 Å². The van der Waals surface area contributed by atoms with Crippen LogP contribution in [0.5, 0.6) is 0 Å². The number of hydrogen-bond donors (Lipinski definition) is 3. The van der Waals surface area contributed by atoms with E-state index in [-0.39, 0.29) is 18.1 Å². The van der Waals surface area contributed by atoms with E-state index in [0.29, 0.717) is 13.0 Å². The number of nitrogens with two attached hydrogens (primary N) is 2. The predicted molar refractivity (Wildman–Crippen MR) is 30.4 cm³/mol. The molecular formula is C5H11N2O2+. The monoisotopic (exact) mass is 131 g/mol. The van der Waals surface area contributed by atoms with Gasteiger partial charge in [0.1, 0.15) is 12.6 Å². The van der Waals surface area contributed by atoms with E-state index in [0.717, 1.165) is 0 Å². The molecule has 0 unspecified atom stereocenters. The summed E-state index contributed by atoms with van der Waals surface area (Å²) in [7, 11) is 0. The second-order valence-electron chi connectivity index (χ2n) is 2.37. The summed E-state index contributed by atoms with van der Waals surface area (Å²) in [6, 6.07) is -0.194.